The molecule has 0 fully saturated rings. The minimum Gasteiger partial charge on any atom is -0.508 e. The average molecular weight is 247 g/mol. The van der Waals surface area contributed by atoms with Crippen molar-refractivity contribution < 1.29 is 14.3 Å². The van der Waals surface area contributed by atoms with E-state index >= 15 is 0 Å². The number of carbonyl (C=O) groups is 1. The predicted octanol–water partition coefficient (Wildman–Crippen LogP) is 1.64. The number of hydrogen-bond acceptors (Lipinski definition) is 4. The molecule has 0 aliphatic rings. The van der Waals surface area contributed by atoms with Crippen LogP contribution < -0.4 is 10.9 Å². The van der Waals surface area contributed by atoms with Gasteiger partial charge in [-0.15, -0.1) is 0 Å². The number of amides is 1. The molecular formula is C13H13NO4. The maximum Gasteiger partial charge on any atom is 0.349 e. The number of phenolic OH excluding ortho intramolecular Hbond substituents is 1. The van der Waals surface area contributed by atoms with Gasteiger partial charge in [-0.25, -0.2) is 4.79 Å². The lowest BCUT2D eigenvalue weighted by molar-refractivity contribution is 0.0950. The van der Waals surface area contributed by atoms with E-state index in [1.165, 1.54) is 18.2 Å². The summed E-state index contributed by atoms with van der Waals surface area (Å²) in [5, 5.41) is 12.5. The Hall–Kier alpha value is -2.30. The molecule has 0 spiro atoms. The molecule has 2 aromatic rings. The third kappa shape index (κ3) is 2.34. The van der Waals surface area contributed by atoms with Gasteiger partial charge in [0.15, 0.2) is 0 Å². The lowest BCUT2D eigenvalue weighted by Gasteiger charge is -2.03. The molecule has 18 heavy (non-hydrogen) atoms. The number of hydrogen-bond donors (Lipinski definition) is 2. The normalized spacial score (nSPS) is 10.5. The number of fused-ring (bicyclic) bond motifs is 1. The molecule has 94 valence electrons. The van der Waals surface area contributed by atoms with Crippen molar-refractivity contribution in [2.24, 2.45) is 0 Å². The maximum absolute atomic E-state index is 11.7. The number of phenols is 1. The molecule has 1 aromatic carbocycles. The van der Waals surface area contributed by atoms with E-state index in [4.69, 9.17) is 4.42 Å². The van der Waals surface area contributed by atoms with Crippen LogP contribution in [0.15, 0.2) is 33.5 Å². The Morgan fingerprint density at radius 2 is 2.17 bits per heavy atom. The van der Waals surface area contributed by atoms with Gasteiger partial charge in [0.2, 0.25) is 0 Å². The van der Waals surface area contributed by atoms with Gasteiger partial charge < -0.3 is 14.8 Å². The molecule has 5 heteroatoms. The zero-order valence-corrected chi connectivity index (χ0v) is 9.90. The van der Waals surface area contributed by atoms with Gasteiger partial charge in [0.05, 0.1) is 0 Å². The number of carbonyl (C=O) groups excluding carboxylic acids is 1. The smallest absolute Gasteiger partial charge is 0.349 e. The second-order valence-corrected chi connectivity index (χ2v) is 3.93. The van der Waals surface area contributed by atoms with Crippen molar-refractivity contribution in [3.63, 3.8) is 0 Å². The zero-order chi connectivity index (χ0) is 13.1. The van der Waals surface area contributed by atoms with E-state index < -0.39 is 11.5 Å². The predicted molar refractivity (Wildman–Crippen MR) is 66.8 cm³/mol. The summed E-state index contributed by atoms with van der Waals surface area (Å²) in [7, 11) is 0. The minimum atomic E-state index is -0.707. The van der Waals surface area contributed by atoms with E-state index in [0.717, 1.165) is 6.42 Å². The van der Waals surface area contributed by atoms with Gasteiger partial charge in [0, 0.05) is 18.0 Å². The Morgan fingerprint density at radius 3 is 2.89 bits per heavy atom. The molecule has 0 saturated heterocycles. The summed E-state index contributed by atoms with van der Waals surface area (Å²) in [5.74, 6) is -0.436. The molecule has 1 amide bonds. The van der Waals surface area contributed by atoms with Crippen LogP contribution in [0.5, 0.6) is 5.75 Å². The first-order chi connectivity index (χ1) is 8.61. The fourth-order valence-electron chi connectivity index (χ4n) is 1.59. The SMILES string of the molecule is CCCNC(=O)c1cc2ccc(O)cc2oc1=O. The summed E-state index contributed by atoms with van der Waals surface area (Å²) in [6.45, 7) is 2.43. The van der Waals surface area contributed by atoms with Crippen molar-refractivity contribution in [3.8, 4) is 5.75 Å². The number of rotatable bonds is 3. The summed E-state index contributed by atoms with van der Waals surface area (Å²) in [4.78, 5) is 23.4. The highest BCUT2D eigenvalue weighted by atomic mass is 16.4. The summed E-state index contributed by atoms with van der Waals surface area (Å²) < 4.78 is 5.00. The number of benzene rings is 1. The average Bonchev–Trinajstić information content (AvgIpc) is 2.35. The van der Waals surface area contributed by atoms with Crippen molar-refractivity contribution >= 4 is 16.9 Å². The van der Waals surface area contributed by atoms with E-state index in [1.54, 1.807) is 6.07 Å². The third-order valence-electron chi connectivity index (χ3n) is 2.50. The van der Waals surface area contributed by atoms with Crippen molar-refractivity contribution in [3.05, 3.63) is 40.2 Å². The van der Waals surface area contributed by atoms with E-state index in [9.17, 15) is 14.7 Å². The van der Waals surface area contributed by atoms with E-state index in [2.05, 4.69) is 5.32 Å². The van der Waals surface area contributed by atoms with Crippen LogP contribution in [0.2, 0.25) is 0 Å². The highest BCUT2D eigenvalue weighted by Gasteiger charge is 2.13. The van der Waals surface area contributed by atoms with Crippen molar-refractivity contribution in [2.45, 2.75) is 13.3 Å². The Morgan fingerprint density at radius 1 is 1.39 bits per heavy atom. The van der Waals surface area contributed by atoms with Crippen LogP contribution in [0.1, 0.15) is 23.7 Å². The molecule has 0 bridgehead atoms. The lowest BCUT2D eigenvalue weighted by Crippen LogP contribution is -2.28. The molecule has 0 aliphatic carbocycles. The van der Waals surface area contributed by atoms with Crippen LogP contribution in [-0.4, -0.2) is 17.6 Å². The molecule has 0 unspecified atom stereocenters. The summed E-state index contributed by atoms with van der Waals surface area (Å²) in [6.07, 6.45) is 0.790. The van der Waals surface area contributed by atoms with Crippen LogP contribution in [0.4, 0.5) is 0 Å². The van der Waals surface area contributed by atoms with Crippen LogP contribution in [0.3, 0.4) is 0 Å². The Labute approximate surface area is 103 Å². The minimum absolute atomic E-state index is 0.00818. The Bertz CT molecular complexity index is 645. The van der Waals surface area contributed by atoms with Crippen LogP contribution >= 0.6 is 0 Å². The van der Waals surface area contributed by atoms with Crippen LogP contribution in [0.25, 0.3) is 11.0 Å². The molecule has 1 heterocycles. The highest BCUT2D eigenvalue weighted by Crippen LogP contribution is 2.19. The molecule has 0 aliphatic heterocycles. The largest absolute Gasteiger partial charge is 0.508 e. The molecule has 0 atom stereocenters. The first-order valence-corrected chi connectivity index (χ1v) is 5.67. The second kappa shape index (κ2) is 4.91. The fourth-order valence-corrected chi connectivity index (χ4v) is 1.59. The van der Waals surface area contributed by atoms with Gasteiger partial charge in [-0.3, -0.25) is 4.79 Å². The standard InChI is InChI=1S/C13H13NO4/c1-2-5-14-12(16)10-6-8-3-4-9(15)7-11(8)18-13(10)17/h3-4,6-7,15H,2,5H2,1H3,(H,14,16). The summed E-state index contributed by atoms with van der Waals surface area (Å²) >= 11 is 0. The van der Waals surface area contributed by atoms with Gasteiger partial charge in [-0.1, -0.05) is 6.92 Å². The van der Waals surface area contributed by atoms with Gasteiger partial charge in [-0.05, 0) is 24.6 Å². The molecule has 5 nitrogen and oxygen atoms in total. The van der Waals surface area contributed by atoms with Crippen molar-refractivity contribution in [1.29, 1.82) is 0 Å². The second-order valence-electron chi connectivity index (χ2n) is 3.93. The Kier molecular flexibility index (Phi) is 3.32. The third-order valence-corrected chi connectivity index (χ3v) is 2.50. The maximum atomic E-state index is 11.7. The first kappa shape index (κ1) is 12.2. The van der Waals surface area contributed by atoms with Crippen LogP contribution in [-0.2, 0) is 0 Å². The van der Waals surface area contributed by atoms with Gasteiger partial charge in [0.25, 0.3) is 5.91 Å². The fraction of sp³-hybridized carbons (Fsp3) is 0.231. The molecule has 0 saturated carbocycles. The van der Waals surface area contributed by atoms with E-state index in [1.807, 2.05) is 6.92 Å². The molecule has 1 aromatic heterocycles. The summed E-state index contributed by atoms with van der Waals surface area (Å²) in [6, 6.07) is 5.86. The molecule has 0 radical (unpaired) electrons. The molecular weight excluding hydrogens is 234 g/mol. The topological polar surface area (TPSA) is 79.5 Å². The molecule has 2 N–H and O–H groups in total. The summed E-state index contributed by atoms with van der Waals surface area (Å²) in [5.41, 5.74) is -0.476. The number of aromatic hydroxyl groups is 1. The highest BCUT2D eigenvalue weighted by molar-refractivity contribution is 5.96. The Balaban J connectivity index is 2.46. The van der Waals surface area contributed by atoms with Crippen LogP contribution in [0, 0.1) is 0 Å². The van der Waals surface area contributed by atoms with Gasteiger partial charge in [0.1, 0.15) is 16.9 Å². The van der Waals surface area contributed by atoms with Gasteiger partial charge in [-0.2, -0.15) is 0 Å². The van der Waals surface area contributed by atoms with Gasteiger partial charge >= 0.3 is 5.63 Å². The van der Waals surface area contributed by atoms with E-state index in [-0.39, 0.29) is 16.9 Å². The lowest BCUT2D eigenvalue weighted by atomic mass is 10.1. The monoisotopic (exact) mass is 247 g/mol. The molecule has 2 rings (SSSR count). The first-order valence-electron chi connectivity index (χ1n) is 5.67. The number of nitrogens with one attached hydrogen (secondary N) is 1. The van der Waals surface area contributed by atoms with Crippen molar-refractivity contribution in [1.82, 2.24) is 5.32 Å². The van der Waals surface area contributed by atoms with E-state index in [0.29, 0.717) is 11.9 Å². The quantitative estimate of drug-likeness (QED) is 0.808. The van der Waals surface area contributed by atoms with Crippen molar-refractivity contribution in [2.75, 3.05) is 6.54 Å². The zero-order valence-electron chi connectivity index (χ0n) is 9.90.